The van der Waals surface area contributed by atoms with Gasteiger partial charge in [0.05, 0.1) is 19.6 Å². The largest absolute Gasteiger partial charge is 0.508 e. The number of halogens is 2. The number of esters is 1. The summed E-state index contributed by atoms with van der Waals surface area (Å²) >= 11 is 12.6. The molecule has 1 fully saturated rings. The van der Waals surface area contributed by atoms with Crippen molar-refractivity contribution in [3.63, 3.8) is 0 Å². The van der Waals surface area contributed by atoms with Crippen LogP contribution in [0.2, 0.25) is 5.02 Å². The van der Waals surface area contributed by atoms with E-state index in [1.54, 1.807) is 43.3 Å². The fourth-order valence-corrected chi connectivity index (χ4v) is 4.99. The molecule has 1 heterocycles. The van der Waals surface area contributed by atoms with Crippen molar-refractivity contribution in [3.8, 4) is 5.75 Å². The second-order valence-corrected chi connectivity index (χ2v) is 10.5. The predicted octanol–water partition coefficient (Wildman–Crippen LogP) is 2.86. The summed E-state index contributed by atoms with van der Waals surface area (Å²) in [6.07, 6.45) is 0.329. The van der Waals surface area contributed by atoms with Gasteiger partial charge in [-0.2, -0.15) is 0 Å². The summed E-state index contributed by atoms with van der Waals surface area (Å²) in [7, 11) is 1.48. The minimum atomic E-state index is -1.12. The molecule has 0 spiro atoms. The molecule has 1 aliphatic heterocycles. The quantitative estimate of drug-likeness (QED) is 0.199. The summed E-state index contributed by atoms with van der Waals surface area (Å²) < 4.78 is 10.2. The van der Waals surface area contributed by atoms with Crippen LogP contribution in [0.4, 0.5) is 0 Å². The third kappa shape index (κ3) is 9.34. The molecule has 10 nitrogen and oxygen atoms in total. The first-order valence-corrected chi connectivity index (χ1v) is 14.1. The summed E-state index contributed by atoms with van der Waals surface area (Å²) in [5, 5.41) is 10.1. The fourth-order valence-electron chi connectivity index (χ4n) is 4.52. The molecule has 0 saturated carbocycles. The average molecular weight is 609 g/mol. The lowest BCUT2D eigenvalue weighted by Crippen LogP contribution is -2.63. The molecular formula is C29H35Cl2N3O7. The van der Waals surface area contributed by atoms with E-state index >= 15 is 0 Å². The monoisotopic (exact) mass is 607 g/mol. The van der Waals surface area contributed by atoms with Gasteiger partial charge in [-0.25, -0.2) is 0 Å². The number of phenols is 1. The molecular weight excluding hydrogens is 573 g/mol. The summed E-state index contributed by atoms with van der Waals surface area (Å²) in [6, 6.07) is 12.4. The third-order valence-corrected chi connectivity index (χ3v) is 7.36. The van der Waals surface area contributed by atoms with Crippen LogP contribution in [0.3, 0.4) is 0 Å². The second kappa shape index (κ2) is 15.6. The fraction of sp³-hybridized carbons (Fsp3) is 0.448. The van der Waals surface area contributed by atoms with Crippen LogP contribution < -0.4 is 0 Å². The Morgan fingerprint density at radius 1 is 1.10 bits per heavy atom. The van der Waals surface area contributed by atoms with Crippen LogP contribution in [-0.4, -0.2) is 102 Å². The van der Waals surface area contributed by atoms with Crippen molar-refractivity contribution in [1.29, 1.82) is 0 Å². The Kier molecular flexibility index (Phi) is 12.2. The summed E-state index contributed by atoms with van der Waals surface area (Å²) in [5.41, 5.74) is 0.840. The number of benzene rings is 2. The van der Waals surface area contributed by atoms with E-state index in [1.807, 2.05) is 0 Å². The van der Waals surface area contributed by atoms with Gasteiger partial charge in [-0.1, -0.05) is 47.5 Å². The molecule has 3 amide bonds. The number of piperazine rings is 1. The van der Waals surface area contributed by atoms with Crippen molar-refractivity contribution >= 4 is 46.9 Å². The maximum Gasteiger partial charge on any atom is 0.325 e. The molecule has 41 heavy (non-hydrogen) atoms. The number of nitrogens with zero attached hydrogens (tertiary/aromatic N) is 3. The number of rotatable bonds is 14. The Morgan fingerprint density at radius 2 is 1.76 bits per heavy atom. The minimum absolute atomic E-state index is 0.113. The van der Waals surface area contributed by atoms with Crippen molar-refractivity contribution < 1.29 is 33.8 Å². The van der Waals surface area contributed by atoms with Crippen LogP contribution in [0.5, 0.6) is 5.75 Å². The molecule has 2 aromatic carbocycles. The predicted molar refractivity (Wildman–Crippen MR) is 154 cm³/mol. The van der Waals surface area contributed by atoms with Gasteiger partial charge in [0.15, 0.2) is 0 Å². The number of phenolic OH excluding ortho intramolecular Hbond substituents is 1. The lowest BCUT2D eigenvalue weighted by molar-refractivity contribution is -0.160. The van der Waals surface area contributed by atoms with Gasteiger partial charge in [0.1, 0.15) is 30.4 Å². The zero-order chi connectivity index (χ0) is 29.9. The summed E-state index contributed by atoms with van der Waals surface area (Å²) in [6.45, 7) is 1.72. The Morgan fingerprint density at radius 3 is 2.39 bits per heavy atom. The SMILES string of the molecule is CCOC(=O)CN(CCc1ccc(O)cc1)C(=O)CC1C(=O)N(C(Cl)Cc2ccc(Cl)cc2)CC(=O)N1CCOC. The molecule has 1 N–H and O–H groups in total. The lowest BCUT2D eigenvalue weighted by atomic mass is 10.0. The normalized spacial score (nSPS) is 16.0. The molecule has 0 aliphatic carbocycles. The molecule has 0 aromatic heterocycles. The molecule has 0 bridgehead atoms. The van der Waals surface area contributed by atoms with Crippen LogP contribution in [0.15, 0.2) is 48.5 Å². The van der Waals surface area contributed by atoms with Gasteiger partial charge in [-0.3, -0.25) is 19.2 Å². The Labute approximate surface area is 249 Å². The zero-order valence-corrected chi connectivity index (χ0v) is 24.6. The van der Waals surface area contributed by atoms with Gasteiger partial charge in [0.2, 0.25) is 17.7 Å². The Hall–Kier alpha value is -3.34. The minimum Gasteiger partial charge on any atom is -0.508 e. The highest BCUT2D eigenvalue weighted by molar-refractivity contribution is 6.30. The van der Waals surface area contributed by atoms with Gasteiger partial charge >= 0.3 is 5.97 Å². The van der Waals surface area contributed by atoms with Crippen molar-refractivity contribution in [1.82, 2.24) is 14.7 Å². The Balaban J connectivity index is 1.80. The standard InChI is InChI=1S/C29H35Cl2N3O7/c1-3-41-28(38)19-32(13-12-20-6-10-23(35)11-7-20)26(36)17-24-29(39)34(18-27(37)33(24)14-15-40-2)25(31)16-21-4-8-22(30)9-5-21/h4-11,24-25,35H,3,12-19H2,1-2H3. The van der Waals surface area contributed by atoms with E-state index < -0.39 is 29.3 Å². The number of hydrogen-bond donors (Lipinski definition) is 1. The van der Waals surface area contributed by atoms with E-state index in [9.17, 15) is 24.3 Å². The maximum atomic E-state index is 13.7. The van der Waals surface area contributed by atoms with Gasteiger partial charge in [-0.05, 0) is 48.7 Å². The molecule has 222 valence electrons. The number of amides is 3. The highest BCUT2D eigenvalue weighted by atomic mass is 35.5. The molecule has 1 aliphatic rings. The number of ether oxygens (including phenoxy) is 2. The van der Waals surface area contributed by atoms with Gasteiger partial charge in [0, 0.05) is 31.6 Å². The molecule has 2 atom stereocenters. The maximum absolute atomic E-state index is 13.7. The molecule has 2 unspecified atom stereocenters. The second-order valence-electron chi connectivity index (χ2n) is 9.57. The summed E-state index contributed by atoms with van der Waals surface area (Å²) in [5.74, 6) is -1.78. The first kappa shape index (κ1) is 32.2. The van der Waals surface area contributed by atoms with E-state index in [4.69, 9.17) is 32.7 Å². The van der Waals surface area contributed by atoms with E-state index in [-0.39, 0.29) is 63.9 Å². The Bertz CT molecular complexity index is 1190. The molecule has 12 heteroatoms. The third-order valence-electron chi connectivity index (χ3n) is 6.71. The number of aromatic hydroxyl groups is 1. The molecule has 0 radical (unpaired) electrons. The number of alkyl halides is 1. The number of carbonyl (C=O) groups is 4. The smallest absolute Gasteiger partial charge is 0.325 e. The van der Waals surface area contributed by atoms with Crippen LogP contribution in [0.25, 0.3) is 0 Å². The molecule has 1 saturated heterocycles. The molecule has 2 aromatic rings. The number of hydrogen-bond acceptors (Lipinski definition) is 7. The summed E-state index contributed by atoms with van der Waals surface area (Å²) in [4.78, 5) is 56.8. The highest BCUT2D eigenvalue weighted by Crippen LogP contribution is 2.23. The first-order valence-electron chi connectivity index (χ1n) is 13.3. The van der Waals surface area contributed by atoms with Crippen LogP contribution >= 0.6 is 23.2 Å². The van der Waals surface area contributed by atoms with Gasteiger partial charge < -0.3 is 29.3 Å². The van der Waals surface area contributed by atoms with Crippen LogP contribution in [-0.2, 0) is 41.5 Å². The molecule has 3 rings (SSSR count). The van der Waals surface area contributed by atoms with Crippen molar-refractivity contribution in [3.05, 3.63) is 64.7 Å². The van der Waals surface area contributed by atoms with E-state index in [1.165, 1.54) is 33.9 Å². The van der Waals surface area contributed by atoms with E-state index in [0.29, 0.717) is 11.4 Å². The van der Waals surface area contributed by atoms with Crippen LogP contribution in [0.1, 0.15) is 24.5 Å². The average Bonchev–Trinajstić information content (AvgIpc) is 2.94. The zero-order valence-electron chi connectivity index (χ0n) is 23.1. The van der Waals surface area contributed by atoms with Crippen molar-refractivity contribution in [2.24, 2.45) is 0 Å². The lowest BCUT2D eigenvalue weighted by Gasteiger charge is -2.42. The number of carbonyl (C=O) groups excluding carboxylic acids is 4. The first-order chi connectivity index (χ1) is 19.6. The van der Waals surface area contributed by atoms with Crippen LogP contribution in [0, 0.1) is 0 Å². The highest BCUT2D eigenvalue weighted by Gasteiger charge is 2.43. The van der Waals surface area contributed by atoms with E-state index in [0.717, 1.165) is 11.1 Å². The van der Waals surface area contributed by atoms with Crippen molar-refractivity contribution in [2.45, 2.75) is 37.7 Å². The number of methoxy groups -OCH3 is 1. The van der Waals surface area contributed by atoms with Gasteiger partial charge in [-0.15, -0.1) is 0 Å². The van der Waals surface area contributed by atoms with E-state index in [2.05, 4.69) is 0 Å². The van der Waals surface area contributed by atoms with Gasteiger partial charge in [0.25, 0.3) is 0 Å². The topological polar surface area (TPSA) is 117 Å². The van der Waals surface area contributed by atoms with Crippen molar-refractivity contribution in [2.75, 3.05) is 46.5 Å².